The van der Waals surface area contributed by atoms with Crippen LogP contribution in [0, 0.1) is 0 Å². The third kappa shape index (κ3) is 3.71. The molecule has 1 rings (SSSR count). The van der Waals surface area contributed by atoms with Gasteiger partial charge in [-0.2, -0.15) is 13.2 Å². The molecule has 1 heterocycles. The Morgan fingerprint density at radius 1 is 1.50 bits per heavy atom. The molecule has 1 aromatic heterocycles. The number of carbonyl (C=O) groups is 1. The molecule has 6 nitrogen and oxygen atoms in total. The van der Waals surface area contributed by atoms with Gasteiger partial charge in [0.25, 0.3) is 0 Å². The summed E-state index contributed by atoms with van der Waals surface area (Å²) in [5.41, 5.74) is 0. The Morgan fingerprint density at radius 2 is 2.06 bits per heavy atom. The lowest BCUT2D eigenvalue weighted by Gasteiger charge is -2.07. The summed E-state index contributed by atoms with van der Waals surface area (Å²) in [7, 11) is -4.51. The van der Waals surface area contributed by atoms with Gasteiger partial charge in [0.1, 0.15) is 11.4 Å². The fraction of sp³-hybridized carbons (Fsp3) is 0.286. The van der Waals surface area contributed by atoms with E-state index >= 15 is 0 Å². The average Bonchev–Trinajstić information content (AvgIpc) is 2.57. The van der Waals surface area contributed by atoms with Gasteiger partial charge in [-0.05, 0) is 15.9 Å². The van der Waals surface area contributed by atoms with Crippen molar-refractivity contribution in [1.82, 2.24) is 4.72 Å². The van der Waals surface area contributed by atoms with E-state index in [2.05, 4.69) is 20.3 Å². The zero-order valence-corrected chi connectivity index (χ0v) is 10.7. The summed E-state index contributed by atoms with van der Waals surface area (Å²) in [5, 5.41) is 8.54. The molecule has 0 aliphatic carbocycles. The number of carboxylic acids is 1. The maximum atomic E-state index is 11.9. The van der Waals surface area contributed by atoms with E-state index in [9.17, 15) is 26.4 Å². The summed E-state index contributed by atoms with van der Waals surface area (Å²) >= 11 is 2.61. The summed E-state index contributed by atoms with van der Waals surface area (Å²) in [5.74, 6) is -2.26. The van der Waals surface area contributed by atoms with Gasteiger partial charge in [-0.15, -0.1) is 0 Å². The molecule has 2 N–H and O–H groups in total. The van der Waals surface area contributed by atoms with Crippen LogP contribution >= 0.6 is 15.9 Å². The van der Waals surface area contributed by atoms with Gasteiger partial charge in [-0.1, -0.05) is 0 Å². The number of halogens is 4. The van der Waals surface area contributed by atoms with Gasteiger partial charge in [0.05, 0.1) is 0 Å². The Balaban J connectivity index is 3.02. The molecule has 0 aliphatic heterocycles. The van der Waals surface area contributed by atoms with Gasteiger partial charge < -0.3 is 9.52 Å². The first-order valence-electron chi connectivity index (χ1n) is 4.12. The van der Waals surface area contributed by atoms with Crippen LogP contribution in [0.25, 0.3) is 0 Å². The van der Waals surface area contributed by atoms with Crippen LogP contribution in [0.4, 0.5) is 13.2 Å². The maximum absolute atomic E-state index is 11.9. The molecule has 0 aromatic carbocycles. The minimum absolute atomic E-state index is 0.491. The smallest absolute Gasteiger partial charge is 0.402 e. The van der Waals surface area contributed by atoms with Crippen molar-refractivity contribution in [3.63, 3.8) is 0 Å². The third-order valence-electron chi connectivity index (χ3n) is 1.62. The zero-order valence-electron chi connectivity index (χ0n) is 8.28. The second-order valence-corrected chi connectivity index (χ2v) is 5.45. The van der Waals surface area contributed by atoms with E-state index in [1.165, 1.54) is 4.72 Å². The quantitative estimate of drug-likeness (QED) is 0.858. The topological polar surface area (TPSA) is 96.6 Å². The number of nitrogens with one attached hydrogen (secondary N) is 1. The fourth-order valence-corrected chi connectivity index (χ4v) is 2.85. The molecule has 1 aromatic rings. The molecule has 0 unspecified atom stereocenters. The molecular formula is C7H5BrF3NO5S. The van der Waals surface area contributed by atoms with Crippen LogP contribution in [0.2, 0.25) is 0 Å². The molecule has 102 valence electrons. The Bertz CT molecular complexity index is 564. The van der Waals surface area contributed by atoms with E-state index in [1.54, 1.807) is 0 Å². The molecule has 0 bridgehead atoms. The van der Waals surface area contributed by atoms with Crippen molar-refractivity contribution in [2.75, 3.05) is 6.54 Å². The molecule has 0 saturated carbocycles. The molecule has 0 atom stereocenters. The first-order chi connectivity index (χ1) is 8.03. The van der Waals surface area contributed by atoms with Crippen molar-refractivity contribution in [2.45, 2.75) is 11.1 Å². The van der Waals surface area contributed by atoms with E-state index in [1.807, 2.05) is 0 Å². The van der Waals surface area contributed by atoms with Gasteiger partial charge in [0, 0.05) is 6.07 Å². The van der Waals surface area contributed by atoms with Crippen molar-refractivity contribution >= 4 is 31.9 Å². The fourth-order valence-electron chi connectivity index (χ4n) is 0.895. The molecule has 0 radical (unpaired) electrons. The van der Waals surface area contributed by atoms with E-state index in [0.717, 1.165) is 0 Å². The van der Waals surface area contributed by atoms with Crippen molar-refractivity contribution < 1.29 is 35.9 Å². The van der Waals surface area contributed by atoms with E-state index < -0.39 is 44.0 Å². The minimum Gasteiger partial charge on any atom is -0.475 e. The molecular weight excluding hydrogens is 347 g/mol. The Hall–Kier alpha value is -1.07. The van der Waals surface area contributed by atoms with E-state index in [4.69, 9.17) is 5.11 Å². The lowest BCUT2D eigenvalue weighted by Crippen LogP contribution is -2.33. The highest BCUT2D eigenvalue weighted by molar-refractivity contribution is 9.10. The highest BCUT2D eigenvalue weighted by Gasteiger charge is 2.32. The number of rotatable bonds is 4. The van der Waals surface area contributed by atoms with Crippen molar-refractivity contribution in [3.05, 3.63) is 16.5 Å². The molecule has 0 saturated heterocycles. The number of sulfonamides is 1. The average molecular weight is 352 g/mol. The molecule has 18 heavy (non-hydrogen) atoms. The lowest BCUT2D eigenvalue weighted by molar-refractivity contribution is -0.121. The van der Waals surface area contributed by atoms with Crippen molar-refractivity contribution in [1.29, 1.82) is 0 Å². The SMILES string of the molecule is O=C(O)c1cc(S(=O)(=O)NCC(F)(F)F)c(Br)o1. The zero-order chi connectivity index (χ0) is 14.1. The van der Waals surface area contributed by atoms with Gasteiger partial charge in [-0.25, -0.2) is 17.9 Å². The molecule has 0 fully saturated rings. The highest BCUT2D eigenvalue weighted by atomic mass is 79.9. The highest BCUT2D eigenvalue weighted by Crippen LogP contribution is 2.26. The van der Waals surface area contributed by atoms with Crippen LogP contribution in [0.3, 0.4) is 0 Å². The second kappa shape index (κ2) is 4.90. The van der Waals surface area contributed by atoms with Gasteiger partial charge >= 0.3 is 12.1 Å². The summed E-state index contributed by atoms with van der Waals surface area (Å²) in [6, 6.07) is 0.602. The number of carboxylic acid groups (broad SMARTS) is 1. The maximum Gasteiger partial charge on any atom is 0.402 e. The van der Waals surface area contributed by atoms with Crippen LogP contribution in [0.15, 0.2) is 20.0 Å². The van der Waals surface area contributed by atoms with Crippen LogP contribution in [-0.4, -0.2) is 32.2 Å². The Morgan fingerprint density at radius 3 is 2.44 bits per heavy atom. The predicted molar refractivity (Wildman–Crippen MR) is 54.6 cm³/mol. The number of hydrogen-bond donors (Lipinski definition) is 2. The van der Waals surface area contributed by atoms with Gasteiger partial charge in [0.2, 0.25) is 15.8 Å². The van der Waals surface area contributed by atoms with Gasteiger partial charge in [0.15, 0.2) is 4.67 Å². The number of alkyl halides is 3. The second-order valence-electron chi connectivity index (χ2n) is 2.99. The van der Waals surface area contributed by atoms with Crippen LogP contribution < -0.4 is 4.72 Å². The van der Waals surface area contributed by atoms with E-state index in [0.29, 0.717) is 6.07 Å². The molecule has 0 aliphatic rings. The third-order valence-corrected chi connectivity index (χ3v) is 3.88. The van der Waals surface area contributed by atoms with Crippen LogP contribution in [0.5, 0.6) is 0 Å². The van der Waals surface area contributed by atoms with Crippen molar-refractivity contribution in [3.8, 4) is 0 Å². The lowest BCUT2D eigenvalue weighted by atomic mass is 10.5. The Labute approximate surface area is 107 Å². The van der Waals surface area contributed by atoms with Crippen LogP contribution in [-0.2, 0) is 10.0 Å². The van der Waals surface area contributed by atoms with Gasteiger partial charge in [-0.3, -0.25) is 0 Å². The molecule has 0 amide bonds. The summed E-state index contributed by atoms with van der Waals surface area (Å²) in [4.78, 5) is 9.78. The summed E-state index contributed by atoms with van der Waals surface area (Å²) in [6.07, 6.45) is -4.72. The normalized spacial score (nSPS) is 12.7. The number of aromatic carboxylic acids is 1. The first-order valence-corrected chi connectivity index (χ1v) is 6.39. The van der Waals surface area contributed by atoms with E-state index in [-0.39, 0.29) is 0 Å². The van der Waals surface area contributed by atoms with Crippen LogP contribution in [0.1, 0.15) is 10.6 Å². The number of furan rings is 1. The molecule has 11 heteroatoms. The Kier molecular flexibility index (Phi) is 4.08. The number of hydrogen-bond acceptors (Lipinski definition) is 4. The predicted octanol–water partition coefficient (Wildman–Crippen LogP) is 1.58. The minimum atomic E-state index is -4.72. The largest absolute Gasteiger partial charge is 0.475 e. The monoisotopic (exact) mass is 351 g/mol. The summed E-state index contributed by atoms with van der Waals surface area (Å²) in [6.45, 7) is -1.77. The van der Waals surface area contributed by atoms with Crippen molar-refractivity contribution in [2.24, 2.45) is 0 Å². The summed E-state index contributed by atoms with van der Waals surface area (Å²) < 4.78 is 63.8. The molecule has 0 spiro atoms. The standard InChI is InChI=1S/C7H5BrF3NO5S/c8-5-4(1-3(17-5)6(13)14)18(15,16)12-2-7(9,10)11/h1,12H,2H2,(H,13,14). The first kappa shape index (κ1) is 15.0.